The first-order valence-electron chi connectivity index (χ1n) is 6.66. The van der Waals surface area contributed by atoms with Gasteiger partial charge in [-0.25, -0.2) is 0 Å². The number of aliphatic hydroxyl groups excluding tert-OH is 1. The fourth-order valence-electron chi connectivity index (χ4n) is 2.23. The maximum Gasteiger partial charge on any atom is 0.227 e. The molecule has 1 amide bonds. The van der Waals surface area contributed by atoms with Crippen molar-refractivity contribution in [3.63, 3.8) is 0 Å². The Kier molecular flexibility index (Phi) is 4.53. The maximum absolute atomic E-state index is 11.9. The van der Waals surface area contributed by atoms with E-state index < -0.39 is 6.10 Å². The fourth-order valence-corrected chi connectivity index (χ4v) is 2.23. The smallest absolute Gasteiger partial charge is 0.227 e. The summed E-state index contributed by atoms with van der Waals surface area (Å²) in [6.45, 7) is 3.98. The first kappa shape index (κ1) is 14.3. The van der Waals surface area contributed by atoms with E-state index in [2.05, 4.69) is 11.4 Å². The van der Waals surface area contributed by atoms with Crippen molar-refractivity contribution in [3.05, 3.63) is 65.2 Å². The number of aliphatic hydroxyl groups is 1. The lowest BCUT2D eigenvalue weighted by atomic mass is 10.1. The molecule has 3 heteroatoms. The molecule has 104 valence electrons. The van der Waals surface area contributed by atoms with Crippen LogP contribution in [0.5, 0.6) is 0 Å². The quantitative estimate of drug-likeness (QED) is 0.894. The molecule has 0 radical (unpaired) electrons. The van der Waals surface area contributed by atoms with E-state index in [9.17, 15) is 9.90 Å². The van der Waals surface area contributed by atoms with Crippen molar-refractivity contribution in [2.45, 2.75) is 26.4 Å². The van der Waals surface area contributed by atoms with Gasteiger partial charge < -0.3 is 10.4 Å². The van der Waals surface area contributed by atoms with Crippen LogP contribution in [0.2, 0.25) is 0 Å². The van der Waals surface area contributed by atoms with E-state index in [-0.39, 0.29) is 12.3 Å². The van der Waals surface area contributed by atoms with Gasteiger partial charge in [-0.3, -0.25) is 4.79 Å². The first-order chi connectivity index (χ1) is 9.54. The molecule has 2 aromatic rings. The third-order valence-electron chi connectivity index (χ3n) is 3.07. The minimum absolute atomic E-state index is 0.0526. The van der Waals surface area contributed by atoms with Gasteiger partial charge in [0.25, 0.3) is 0 Å². The summed E-state index contributed by atoms with van der Waals surface area (Å²) in [5.74, 6) is -0.189. The van der Waals surface area contributed by atoms with Crippen LogP contribution in [0.15, 0.2) is 48.5 Å². The van der Waals surface area contributed by atoms with Crippen molar-refractivity contribution < 1.29 is 9.90 Å². The topological polar surface area (TPSA) is 49.3 Å². The van der Waals surface area contributed by atoms with Gasteiger partial charge in [-0.15, -0.1) is 0 Å². The molecule has 0 fully saturated rings. The fraction of sp³-hybridized carbons (Fsp3) is 0.235. The number of anilines is 1. The van der Waals surface area contributed by atoms with Crippen LogP contribution < -0.4 is 5.32 Å². The second-order valence-electron chi connectivity index (χ2n) is 5.06. The molecular weight excluding hydrogens is 250 g/mol. The van der Waals surface area contributed by atoms with Crippen LogP contribution in [0.1, 0.15) is 29.2 Å². The second kappa shape index (κ2) is 6.35. The van der Waals surface area contributed by atoms with E-state index in [1.54, 1.807) is 0 Å². The molecule has 20 heavy (non-hydrogen) atoms. The van der Waals surface area contributed by atoms with E-state index >= 15 is 0 Å². The molecule has 2 aromatic carbocycles. The third kappa shape index (κ3) is 3.93. The van der Waals surface area contributed by atoms with E-state index in [0.29, 0.717) is 0 Å². The molecule has 0 spiro atoms. The molecule has 0 saturated heterocycles. The Bertz CT molecular complexity index is 573. The Hall–Kier alpha value is -2.13. The lowest BCUT2D eigenvalue weighted by Gasteiger charge is -2.12. The van der Waals surface area contributed by atoms with Crippen molar-refractivity contribution in [2.75, 3.05) is 5.32 Å². The molecule has 0 saturated carbocycles. The highest BCUT2D eigenvalue weighted by atomic mass is 16.3. The molecule has 0 bridgehead atoms. The van der Waals surface area contributed by atoms with E-state index in [1.807, 2.05) is 56.3 Å². The molecular formula is C17H19NO2. The van der Waals surface area contributed by atoms with E-state index in [0.717, 1.165) is 22.4 Å². The van der Waals surface area contributed by atoms with E-state index in [1.165, 1.54) is 0 Å². The van der Waals surface area contributed by atoms with Crippen LogP contribution in [-0.2, 0) is 4.79 Å². The summed E-state index contributed by atoms with van der Waals surface area (Å²) in [5, 5.41) is 12.8. The number of nitrogens with one attached hydrogen (secondary N) is 1. The number of hydrogen-bond acceptors (Lipinski definition) is 2. The van der Waals surface area contributed by atoms with E-state index in [4.69, 9.17) is 0 Å². The maximum atomic E-state index is 11.9. The first-order valence-corrected chi connectivity index (χ1v) is 6.66. The summed E-state index contributed by atoms with van der Waals surface area (Å²) >= 11 is 0. The predicted molar refractivity (Wildman–Crippen MR) is 80.6 cm³/mol. The van der Waals surface area contributed by atoms with Gasteiger partial charge in [0, 0.05) is 5.69 Å². The van der Waals surface area contributed by atoms with Crippen molar-refractivity contribution >= 4 is 11.6 Å². The zero-order valence-electron chi connectivity index (χ0n) is 11.8. The Morgan fingerprint density at radius 1 is 1.10 bits per heavy atom. The Balaban J connectivity index is 1.99. The largest absolute Gasteiger partial charge is 0.388 e. The standard InChI is InChI=1S/C17H19NO2/c1-12-8-13(2)10-15(9-12)18-17(20)11-16(19)14-6-4-3-5-7-14/h3-10,16,19H,11H2,1-2H3,(H,18,20). The number of benzene rings is 2. The molecule has 0 heterocycles. The monoisotopic (exact) mass is 269 g/mol. The zero-order chi connectivity index (χ0) is 14.5. The lowest BCUT2D eigenvalue weighted by Crippen LogP contribution is -2.15. The van der Waals surface area contributed by atoms with Crippen molar-refractivity contribution in [2.24, 2.45) is 0 Å². The van der Waals surface area contributed by atoms with Gasteiger partial charge in [-0.1, -0.05) is 36.4 Å². The number of carbonyl (C=O) groups is 1. The Morgan fingerprint density at radius 2 is 1.70 bits per heavy atom. The van der Waals surface area contributed by atoms with Crippen molar-refractivity contribution in [1.29, 1.82) is 0 Å². The molecule has 2 N–H and O–H groups in total. The van der Waals surface area contributed by atoms with Gasteiger partial charge in [-0.2, -0.15) is 0 Å². The van der Waals surface area contributed by atoms with Crippen LogP contribution in [0, 0.1) is 13.8 Å². The average molecular weight is 269 g/mol. The van der Waals surface area contributed by atoms with Crippen LogP contribution >= 0.6 is 0 Å². The SMILES string of the molecule is Cc1cc(C)cc(NC(=O)CC(O)c2ccccc2)c1. The summed E-state index contributed by atoms with van der Waals surface area (Å²) in [4.78, 5) is 11.9. The predicted octanol–water partition coefficient (Wildman–Crippen LogP) is 3.37. The number of carbonyl (C=O) groups excluding carboxylic acids is 1. The van der Waals surface area contributed by atoms with Crippen LogP contribution in [0.3, 0.4) is 0 Å². The summed E-state index contributed by atoms with van der Waals surface area (Å²) < 4.78 is 0. The summed E-state index contributed by atoms with van der Waals surface area (Å²) in [5.41, 5.74) is 3.73. The van der Waals surface area contributed by atoms with Gasteiger partial charge in [-0.05, 0) is 42.7 Å². The van der Waals surface area contributed by atoms with Gasteiger partial charge in [0.05, 0.1) is 12.5 Å². The molecule has 2 rings (SSSR count). The zero-order valence-corrected chi connectivity index (χ0v) is 11.8. The third-order valence-corrected chi connectivity index (χ3v) is 3.07. The molecule has 0 aliphatic rings. The molecule has 1 unspecified atom stereocenters. The second-order valence-corrected chi connectivity index (χ2v) is 5.06. The Morgan fingerprint density at radius 3 is 2.30 bits per heavy atom. The van der Waals surface area contributed by atoms with Crippen molar-refractivity contribution in [3.8, 4) is 0 Å². The number of aryl methyl sites for hydroxylation is 2. The van der Waals surface area contributed by atoms with Gasteiger partial charge in [0.2, 0.25) is 5.91 Å². The highest BCUT2D eigenvalue weighted by molar-refractivity contribution is 5.91. The molecule has 1 atom stereocenters. The lowest BCUT2D eigenvalue weighted by molar-refractivity contribution is -0.118. The van der Waals surface area contributed by atoms with Crippen LogP contribution in [-0.4, -0.2) is 11.0 Å². The summed E-state index contributed by atoms with van der Waals surface area (Å²) in [6, 6.07) is 15.1. The normalized spacial score (nSPS) is 11.9. The molecule has 0 aliphatic heterocycles. The summed E-state index contributed by atoms with van der Waals surface area (Å²) in [7, 11) is 0. The number of hydrogen-bond donors (Lipinski definition) is 2. The van der Waals surface area contributed by atoms with Gasteiger partial charge in [0.15, 0.2) is 0 Å². The minimum atomic E-state index is -0.776. The highest BCUT2D eigenvalue weighted by Gasteiger charge is 2.12. The molecule has 0 aliphatic carbocycles. The van der Waals surface area contributed by atoms with Crippen molar-refractivity contribution in [1.82, 2.24) is 0 Å². The summed E-state index contributed by atoms with van der Waals surface area (Å²) in [6.07, 6.45) is -0.723. The molecule has 0 aromatic heterocycles. The molecule has 3 nitrogen and oxygen atoms in total. The van der Waals surface area contributed by atoms with Gasteiger partial charge >= 0.3 is 0 Å². The van der Waals surface area contributed by atoms with Gasteiger partial charge in [0.1, 0.15) is 0 Å². The highest BCUT2D eigenvalue weighted by Crippen LogP contribution is 2.18. The number of rotatable bonds is 4. The van der Waals surface area contributed by atoms with Crippen LogP contribution in [0.25, 0.3) is 0 Å². The number of amides is 1. The minimum Gasteiger partial charge on any atom is -0.388 e. The average Bonchev–Trinajstić information content (AvgIpc) is 2.38. The Labute approximate surface area is 119 Å². The van der Waals surface area contributed by atoms with Crippen LogP contribution in [0.4, 0.5) is 5.69 Å².